The molecule has 1 amide bonds. The molecule has 0 unspecified atom stereocenters. The van der Waals surface area contributed by atoms with Crippen LogP contribution in [0.4, 0.5) is 5.82 Å². The molecule has 1 aromatic heterocycles. The zero-order valence-electron chi connectivity index (χ0n) is 14.8. The Balaban J connectivity index is 1.83. The van der Waals surface area contributed by atoms with Gasteiger partial charge in [0.1, 0.15) is 0 Å². The molecule has 26 heavy (non-hydrogen) atoms. The molecule has 1 aromatic carbocycles. The van der Waals surface area contributed by atoms with E-state index in [0.29, 0.717) is 11.7 Å². The van der Waals surface area contributed by atoms with Crippen molar-refractivity contribution in [2.45, 2.75) is 42.9 Å². The standard InChI is InChI=1S/C19H23N3O3S/c1-26(24,25)16-8-6-15(7-9-16)17(12-14-4-2-3-5-14)19(23)22-18-13-20-10-11-21-18/h6-11,13-14,17H,2-5,12H2,1H3,(H,21,22,23)/t17-/m1/s1. The first-order valence-electron chi connectivity index (χ1n) is 8.80. The third-order valence-electron chi connectivity index (χ3n) is 4.89. The zero-order chi connectivity index (χ0) is 18.6. The largest absolute Gasteiger partial charge is 0.309 e. The number of hydrogen-bond acceptors (Lipinski definition) is 5. The van der Waals surface area contributed by atoms with Crippen LogP contribution in [0.15, 0.2) is 47.8 Å². The molecule has 6 nitrogen and oxygen atoms in total. The van der Waals surface area contributed by atoms with Crippen molar-refractivity contribution in [3.05, 3.63) is 48.4 Å². The minimum absolute atomic E-state index is 0.135. The van der Waals surface area contributed by atoms with Crippen LogP contribution in [0.5, 0.6) is 0 Å². The maximum absolute atomic E-state index is 12.9. The Kier molecular flexibility index (Phi) is 5.66. The highest BCUT2D eigenvalue weighted by molar-refractivity contribution is 7.90. The number of carbonyl (C=O) groups excluding carboxylic acids is 1. The fourth-order valence-corrected chi connectivity index (χ4v) is 4.13. The van der Waals surface area contributed by atoms with Crippen LogP contribution in [0.25, 0.3) is 0 Å². The number of hydrogen-bond donors (Lipinski definition) is 1. The lowest BCUT2D eigenvalue weighted by Gasteiger charge is -2.20. The van der Waals surface area contributed by atoms with E-state index in [-0.39, 0.29) is 16.7 Å². The summed E-state index contributed by atoms with van der Waals surface area (Å²) < 4.78 is 23.3. The van der Waals surface area contributed by atoms with Gasteiger partial charge in [-0.2, -0.15) is 0 Å². The third kappa shape index (κ3) is 4.66. The highest BCUT2D eigenvalue weighted by Gasteiger charge is 2.27. The lowest BCUT2D eigenvalue weighted by atomic mass is 9.87. The van der Waals surface area contributed by atoms with Gasteiger partial charge in [-0.25, -0.2) is 13.4 Å². The monoisotopic (exact) mass is 373 g/mol. The fraction of sp³-hybridized carbons (Fsp3) is 0.421. The third-order valence-corrected chi connectivity index (χ3v) is 6.01. The van der Waals surface area contributed by atoms with E-state index in [9.17, 15) is 13.2 Å². The second kappa shape index (κ2) is 7.95. The molecule has 0 aliphatic heterocycles. The summed E-state index contributed by atoms with van der Waals surface area (Å²) in [5.41, 5.74) is 0.825. The van der Waals surface area contributed by atoms with Crippen molar-refractivity contribution in [2.75, 3.05) is 11.6 Å². The van der Waals surface area contributed by atoms with Gasteiger partial charge in [0.15, 0.2) is 15.7 Å². The van der Waals surface area contributed by atoms with Gasteiger partial charge < -0.3 is 5.32 Å². The normalized spacial score (nSPS) is 16.3. The maximum Gasteiger partial charge on any atom is 0.233 e. The molecular formula is C19H23N3O3S. The Hall–Kier alpha value is -2.28. The lowest BCUT2D eigenvalue weighted by molar-refractivity contribution is -0.118. The molecule has 138 valence electrons. The Morgan fingerprint density at radius 1 is 1.19 bits per heavy atom. The van der Waals surface area contributed by atoms with Crippen LogP contribution in [0, 0.1) is 5.92 Å². The summed E-state index contributed by atoms with van der Waals surface area (Å²) in [5, 5.41) is 2.83. The van der Waals surface area contributed by atoms with Crippen LogP contribution >= 0.6 is 0 Å². The average molecular weight is 373 g/mol. The van der Waals surface area contributed by atoms with Crippen molar-refractivity contribution in [3.63, 3.8) is 0 Å². The van der Waals surface area contributed by atoms with Crippen molar-refractivity contribution in [3.8, 4) is 0 Å². The summed E-state index contributed by atoms with van der Waals surface area (Å²) in [5.74, 6) is 0.460. The number of carbonyl (C=O) groups is 1. The molecule has 1 aliphatic carbocycles. The molecule has 1 saturated carbocycles. The number of nitrogens with zero attached hydrogens (tertiary/aromatic N) is 2. The topological polar surface area (TPSA) is 89.0 Å². The minimum atomic E-state index is -3.26. The molecule has 7 heteroatoms. The van der Waals surface area contributed by atoms with E-state index in [1.54, 1.807) is 30.5 Å². The van der Waals surface area contributed by atoms with Gasteiger partial charge in [0.05, 0.1) is 17.0 Å². The average Bonchev–Trinajstić information content (AvgIpc) is 3.13. The summed E-state index contributed by atoms with van der Waals surface area (Å²) in [6.07, 6.45) is 11.2. The molecule has 0 radical (unpaired) electrons. The molecule has 1 fully saturated rings. The highest BCUT2D eigenvalue weighted by Crippen LogP contribution is 2.35. The van der Waals surface area contributed by atoms with Crippen molar-refractivity contribution in [1.82, 2.24) is 9.97 Å². The molecule has 0 saturated heterocycles. The first kappa shape index (κ1) is 18.5. The summed E-state index contributed by atoms with van der Waals surface area (Å²) in [4.78, 5) is 21.2. The Labute approximate surface area is 154 Å². The molecule has 2 aromatic rings. The molecule has 1 heterocycles. The van der Waals surface area contributed by atoms with Crippen LogP contribution in [0.3, 0.4) is 0 Å². The molecule has 0 spiro atoms. The number of sulfone groups is 1. The number of amides is 1. The molecule has 1 atom stereocenters. The van der Waals surface area contributed by atoms with Gasteiger partial charge >= 0.3 is 0 Å². The zero-order valence-corrected chi connectivity index (χ0v) is 15.6. The second-order valence-electron chi connectivity index (χ2n) is 6.86. The SMILES string of the molecule is CS(=O)(=O)c1ccc([C@@H](CC2CCCC2)C(=O)Nc2cnccn2)cc1. The summed E-state index contributed by atoms with van der Waals surface area (Å²) in [6, 6.07) is 6.63. The number of nitrogens with one attached hydrogen (secondary N) is 1. The number of rotatable bonds is 6. The molecule has 3 rings (SSSR count). The van der Waals surface area contributed by atoms with Crippen molar-refractivity contribution < 1.29 is 13.2 Å². The van der Waals surface area contributed by atoms with E-state index in [0.717, 1.165) is 24.8 Å². The van der Waals surface area contributed by atoms with Gasteiger partial charge in [-0.3, -0.25) is 9.78 Å². The van der Waals surface area contributed by atoms with Crippen molar-refractivity contribution >= 4 is 21.6 Å². The maximum atomic E-state index is 12.9. The van der Waals surface area contributed by atoms with Crippen LogP contribution in [-0.4, -0.2) is 30.5 Å². The van der Waals surface area contributed by atoms with Gasteiger partial charge in [0.2, 0.25) is 5.91 Å². The van der Waals surface area contributed by atoms with Crippen molar-refractivity contribution in [2.24, 2.45) is 5.92 Å². The number of benzene rings is 1. The van der Waals surface area contributed by atoms with E-state index in [1.165, 1.54) is 31.5 Å². The Morgan fingerprint density at radius 2 is 1.88 bits per heavy atom. The fourth-order valence-electron chi connectivity index (χ4n) is 3.50. The van der Waals surface area contributed by atoms with E-state index in [1.807, 2.05) is 0 Å². The predicted octanol–water partition coefficient (Wildman–Crippen LogP) is 3.18. The quantitative estimate of drug-likeness (QED) is 0.840. The second-order valence-corrected chi connectivity index (χ2v) is 8.88. The summed E-state index contributed by atoms with van der Waals surface area (Å²) in [6.45, 7) is 0. The van der Waals surface area contributed by atoms with Crippen LogP contribution in [0.2, 0.25) is 0 Å². The Bertz CT molecular complexity index is 845. The van der Waals surface area contributed by atoms with Gasteiger partial charge in [0.25, 0.3) is 0 Å². The summed E-state index contributed by atoms with van der Waals surface area (Å²) >= 11 is 0. The van der Waals surface area contributed by atoms with Crippen LogP contribution in [0.1, 0.15) is 43.6 Å². The molecule has 1 N–H and O–H groups in total. The van der Waals surface area contributed by atoms with Crippen molar-refractivity contribution in [1.29, 1.82) is 0 Å². The van der Waals surface area contributed by atoms with E-state index in [2.05, 4.69) is 15.3 Å². The molecule has 0 bridgehead atoms. The lowest BCUT2D eigenvalue weighted by Crippen LogP contribution is -2.23. The van der Waals surface area contributed by atoms with E-state index >= 15 is 0 Å². The molecular weight excluding hydrogens is 350 g/mol. The summed E-state index contributed by atoms with van der Waals surface area (Å²) in [7, 11) is -3.26. The number of aromatic nitrogens is 2. The number of anilines is 1. The highest BCUT2D eigenvalue weighted by atomic mass is 32.2. The Morgan fingerprint density at radius 3 is 2.46 bits per heavy atom. The first-order valence-corrected chi connectivity index (χ1v) is 10.7. The van der Waals surface area contributed by atoms with Gasteiger partial charge in [-0.1, -0.05) is 37.8 Å². The predicted molar refractivity (Wildman–Crippen MR) is 99.5 cm³/mol. The van der Waals surface area contributed by atoms with Gasteiger partial charge in [-0.05, 0) is 30.0 Å². The minimum Gasteiger partial charge on any atom is -0.309 e. The van der Waals surface area contributed by atoms with E-state index in [4.69, 9.17) is 0 Å². The van der Waals surface area contributed by atoms with E-state index < -0.39 is 9.84 Å². The van der Waals surface area contributed by atoms with Crippen LogP contribution < -0.4 is 5.32 Å². The molecule has 1 aliphatic rings. The smallest absolute Gasteiger partial charge is 0.233 e. The van der Waals surface area contributed by atoms with Gasteiger partial charge in [-0.15, -0.1) is 0 Å². The first-order chi connectivity index (χ1) is 12.4. The van der Waals surface area contributed by atoms with Crippen LogP contribution in [-0.2, 0) is 14.6 Å². The van der Waals surface area contributed by atoms with Gasteiger partial charge in [0, 0.05) is 18.6 Å².